The van der Waals surface area contributed by atoms with Crippen LogP contribution >= 0.6 is 0 Å². The molecule has 0 unspecified atom stereocenters. The van der Waals surface area contributed by atoms with Gasteiger partial charge < -0.3 is 20.5 Å². The van der Waals surface area contributed by atoms with Gasteiger partial charge in [-0.1, -0.05) is 85.7 Å². The Hall–Kier alpha value is -3.71. The molecule has 3 rings (SSSR count). The molecule has 0 aromatic heterocycles. The summed E-state index contributed by atoms with van der Waals surface area (Å²) in [7, 11) is 0. The average molecular weight is 561 g/mol. The van der Waals surface area contributed by atoms with Gasteiger partial charge in [0, 0.05) is 6.42 Å². The lowest BCUT2D eigenvalue weighted by atomic mass is 9.95. The van der Waals surface area contributed by atoms with Gasteiger partial charge in [-0.05, 0) is 49.7 Å². The van der Waals surface area contributed by atoms with Crippen molar-refractivity contribution in [2.24, 2.45) is 11.8 Å². The van der Waals surface area contributed by atoms with E-state index in [0.29, 0.717) is 25.7 Å². The molecule has 0 aliphatic heterocycles. The molecule has 7 heteroatoms. The van der Waals surface area contributed by atoms with Crippen LogP contribution in [0.3, 0.4) is 0 Å². The molecule has 2 aromatic rings. The number of benzene rings is 2. The zero-order chi connectivity index (χ0) is 29.5. The summed E-state index contributed by atoms with van der Waals surface area (Å²) in [5.41, 5.74) is 1.43. The lowest BCUT2D eigenvalue weighted by molar-refractivity contribution is -0.149. The second kappa shape index (κ2) is 16.5. The van der Waals surface area contributed by atoms with Crippen molar-refractivity contribution in [1.82, 2.24) is 10.6 Å². The third kappa shape index (κ3) is 10.3. The van der Waals surface area contributed by atoms with E-state index in [2.05, 4.69) is 23.8 Å². The second-order valence-electron chi connectivity index (χ2n) is 11.1. The number of aliphatic hydroxyl groups is 1. The summed E-state index contributed by atoms with van der Waals surface area (Å²) in [6, 6.07) is 19.0. The predicted octanol–water partition coefficient (Wildman–Crippen LogP) is 4.70. The van der Waals surface area contributed by atoms with Crippen molar-refractivity contribution in [1.29, 1.82) is 0 Å². The highest BCUT2D eigenvalue weighted by molar-refractivity contribution is 5.86. The SMILES string of the molecule is C=CC[C@H](CC(=O)NC1(CO)CCCC1)C(=O)N[C@@H](COC(=O)[C@H](CC=C)Cc1ccccc1)Cc1ccccc1. The smallest absolute Gasteiger partial charge is 0.309 e. The topological polar surface area (TPSA) is 105 Å². The van der Waals surface area contributed by atoms with Crippen LogP contribution in [0.4, 0.5) is 0 Å². The van der Waals surface area contributed by atoms with Gasteiger partial charge in [0.2, 0.25) is 11.8 Å². The van der Waals surface area contributed by atoms with Crippen LogP contribution in [0.15, 0.2) is 86.0 Å². The van der Waals surface area contributed by atoms with Crippen molar-refractivity contribution < 1.29 is 24.2 Å². The largest absolute Gasteiger partial charge is 0.463 e. The van der Waals surface area contributed by atoms with Crippen LogP contribution in [-0.4, -0.2) is 47.7 Å². The zero-order valence-corrected chi connectivity index (χ0v) is 23.9. The van der Waals surface area contributed by atoms with E-state index >= 15 is 0 Å². The van der Waals surface area contributed by atoms with Gasteiger partial charge >= 0.3 is 5.97 Å². The first-order chi connectivity index (χ1) is 19.9. The first-order valence-corrected chi connectivity index (χ1v) is 14.6. The maximum atomic E-state index is 13.4. The van der Waals surface area contributed by atoms with Gasteiger partial charge in [0.05, 0.1) is 30.0 Å². The van der Waals surface area contributed by atoms with E-state index in [9.17, 15) is 19.5 Å². The average Bonchev–Trinajstić information content (AvgIpc) is 3.45. The highest BCUT2D eigenvalue weighted by atomic mass is 16.5. The molecule has 3 atom stereocenters. The summed E-state index contributed by atoms with van der Waals surface area (Å²) < 4.78 is 5.77. The first kappa shape index (κ1) is 31.8. The normalized spacial score (nSPS) is 16.1. The minimum Gasteiger partial charge on any atom is -0.463 e. The second-order valence-corrected chi connectivity index (χ2v) is 11.1. The van der Waals surface area contributed by atoms with E-state index < -0.39 is 17.5 Å². The van der Waals surface area contributed by atoms with Crippen molar-refractivity contribution >= 4 is 17.8 Å². The summed E-state index contributed by atoms with van der Waals surface area (Å²) in [6.45, 7) is 7.46. The van der Waals surface area contributed by atoms with Crippen molar-refractivity contribution in [3.05, 3.63) is 97.1 Å². The maximum Gasteiger partial charge on any atom is 0.309 e. The lowest BCUT2D eigenvalue weighted by Crippen LogP contribution is -2.50. The monoisotopic (exact) mass is 560 g/mol. The molecule has 1 aliphatic carbocycles. The van der Waals surface area contributed by atoms with E-state index in [1.807, 2.05) is 60.7 Å². The molecule has 220 valence electrons. The van der Waals surface area contributed by atoms with Gasteiger partial charge in [-0.15, -0.1) is 13.2 Å². The van der Waals surface area contributed by atoms with E-state index in [4.69, 9.17) is 4.74 Å². The Labute approximate surface area is 244 Å². The number of nitrogens with one attached hydrogen (secondary N) is 2. The van der Waals surface area contributed by atoms with Crippen LogP contribution in [0.1, 0.15) is 56.1 Å². The Morgan fingerprint density at radius 1 is 0.878 bits per heavy atom. The quantitative estimate of drug-likeness (QED) is 0.192. The molecule has 2 amide bonds. The summed E-state index contributed by atoms with van der Waals surface area (Å²) in [4.78, 5) is 39.5. The Kier molecular flexibility index (Phi) is 12.8. The molecule has 1 saturated carbocycles. The minimum atomic E-state index is -0.634. The molecule has 2 aromatic carbocycles. The number of hydrogen-bond acceptors (Lipinski definition) is 5. The Morgan fingerprint density at radius 3 is 2.00 bits per heavy atom. The molecular formula is C34H44N2O5. The van der Waals surface area contributed by atoms with Gasteiger partial charge in [0.15, 0.2) is 0 Å². The van der Waals surface area contributed by atoms with Gasteiger partial charge in [0.1, 0.15) is 6.61 Å². The van der Waals surface area contributed by atoms with Crippen molar-refractivity contribution in [3.63, 3.8) is 0 Å². The first-order valence-electron chi connectivity index (χ1n) is 14.6. The fraction of sp³-hybridized carbons (Fsp3) is 0.441. The number of hydrogen-bond donors (Lipinski definition) is 3. The van der Waals surface area contributed by atoms with Crippen LogP contribution in [-0.2, 0) is 32.0 Å². The molecule has 7 nitrogen and oxygen atoms in total. The molecular weight excluding hydrogens is 516 g/mol. The fourth-order valence-electron chi connectivity index (χ4n) is 5.46. The Morgan fingerprint density at radius 2 is 1.44 bits per heavy atom. The van der Waals surface area contributed by atoms with Crippen molar-refractivity contribution in [2.45, 2.75) is 69.4 Å². The molecule has 3 N–H and O–H groups in total. The molecule has 0 saturated heterocycles. The van der Waals surface area contributed by atoms with Crippen molar-refractivity contribution in [3.8, 4) is 0 Å². The van der Waals surface area contributed by atoms with Crippen LogP contribution < -0.4 is 10.6 Å². The van der Waals surface area contributed by atoms with E-state index in [1.165, 1.54) is 0 Å². The third-order valence-corrected chi connectivity index (χ3v) is 7.73. The van der Waals surface area contributed by atoms with Gasteiger partial charge in [-0.2, -0.15) is 0 Å². The van der Waals surface area contributed by atoms with Gasteiger partial charge in [-0.3, -0.25) is 14.4 Å². The third-order valence-electron chi connectivity index (χ3n) is 7.73. The highest BCUT2D eigenvalue weighted by Crippen LogP contribution is 2.29. The number of amides is 2. The minimum absolute atomic E-state index is 0.00251. The van der Waals surface area contributed by atoms with E-state index in [-0.39, 0.29) is 43.3 Å². The fourth-order valence-corrected chi connectivity index (χ4v) is 5.46. The predicted molar refractivity (Wildman–Crippen MR) is 161 cm³/mol. The molecule has 1 aliphatic rings. The number of allylic oxidation sites excluding steroid dienone is 2. The Balaban J connectivity index is 1.67. The number of carbonyl (C=O) groups is 3. The molecule has 0 bridgehead atoms. The standard InChI is InChI=1S/C34H44N2O5/c1-3-13-28(23-31(38)36-34(25-37)19-11-12-20-34)32(39)35-30(22-27-17-9-6-10-18-27)24-41-33(40)29(14-4-2)21-26-15-7-5-8-16-26/h3-10,15-18,28-30,37H,1-2,11-14,19-25H2,(H,35,39)(H,36,38)/t28-,29-,30-/m1/s1. The van der Waals surface area contributed by atoms with Crippen LogP contribution in [0.2, 0.25) is 0 Å². The number of carbonyl (C=O) groups excluding carboxylic acids is 3. The molecule has 1 fully saturated rings. The van der Waals surface area contributed by atoms with E-state index in [0.717, 1.165) is 36.8 Å². The zero-order valence-electron chi connectivity index (χ0n) is 23.9. The summed E-state index contributed by atoms with van der Waals surface area (Å²) >= 11 is 0. The summed E-state index contributed by atoms with van der Waals surface area (Å²) in [5.74, 6) is -1.91. The maximum absolute atomic E-state index is 13.4. The van der Waals surface area contributed by atoms with Crippen LogP contribution in [0.5, 0.6) is 0 Å². The van der Waals surface area contributed by atoms with E-state index in [1.54, 1.807) is 12.2 Å². The molecule has 0 heterocycles. The van der Waals surface area contributed by atoms with Crippen LogP contribution in [0.25, 0.3) is 0 Å². The lowest BCUT2D eigenvalue weighted by Gasteiger charge is -2.29. The summed E-state index contributed by atoms with van der Waals surface area (Å²) in [6.07, 6.45) is 8.50. The number of aliphatic hydroxyl groups excluding tert-OH is 1. The number of rotatable bonds is 17. The van der Waals surface area contributed by atoms with Gasteiger partial charge in [0.25, 0.3) is 0 Å². The van der Waals surface area contributed by atoms with Gasteiger partial charge in [-0.25, -0.2) is 0 Å². The molecule has 0 spiro atoms. The molecule has 41 heavy (non-hydrogen) atoms. The van der Waals surface area contributed by atoms with Crippen LogP contribution in [0, 0.1) is 11.8 Å². The molecule has 0 radical (unpaired) electrons. The van der Waals surface area contributed by atoms with Crippen molar-refractivity contribution in [2.75, 3.05) is 13.2 Å². The Bertz CT molecular complexity index is 1130. The highest BCUT2D eigenvalue weighted by Gasteiger charge is 2.35. The number of ether oxygens (including phenoxy) is 1. The summed E-state index contributed by atoms with van der Waals surface area (Å²) in [5, 5.41) is 15.9. The number of esters is 1.